The van der Waals surface area contributed by atoms with Crippen molar-refractivity contribution in [1.29, 1.82) is 0 Å². The molecular weight excluding hydrogens is 474 g/mol. The molecule has 0 spiro atoms. The van der Waals surface area contributed by atoms with Gasteiger partial charge < -0.3 is 9.47 Å². The standard InChI is InChI=1S/C28H31N3O6/c1-27(2)9-19(32)25-22(11-27)37-23-12-28(3,4)10-20(33)26(23)24(25)16-6-7-21(36-5)17(8-16)14-30-15-18(13-29-30)31(34)35/h6-8,13,15,24H,9-12,14H2,1-5H3. The maximum atomic E-state index is 13.5. The Hall–Kier alpha value is -3.75. The van der Waals surface area contributed by atoms with Gasteiger partial charge in [-0.25, -0.2) is 0 Å². The van der Waals surface area contributed by atoms with Gasteiger partial charge in [0, 0.05) is 48.3 Å². The summed E-state index contributed by atoms with van der Waals surface area (Å²) < 4.78 is 13.4. The van der Waals surface area contributed by atoms with Crippen molar-refractivity contribution >= 4 is 17.3 Å². The van der Waals surface area contributed by atoms with Gasteiger partial charge in [-0.2, -0.15) is 5.10 Å². The summed E-state index contributed by atoms with van der Waals surface area (Å²) in [5, 5.41) is 15.2. The zero-order chi connectivity index (χ0) is 26.7. The molecule has 194 valence electrons. The van der Waals surface area contributed by atoms with E-state index in [2.05, 4.69) is 32.8 Å². The maximum Gasteiger partial charge on any atom is 0.307 e. The third-order valence-electron chi connectivity index (χ3n) is 7.38. The van der Waals surface area contributed by atoms with Gasteiger partial charge in [0.25, 0.3) is 0 Å². The van der Waals surface area contributed by atoms with Gasteiger partial charge in [0.1, 0.15) is 29.7 Å². The van der Waals surface area contributed by atoms with Crippen LogP contribution in [0.15, 0.2) is 53.3 Å². The molecule has 0 N–H and O–H groups in total. The van der Waals surface area contributed by atoms with Crippen molar-refractivity contribution in [3.63, 3.8) is 0 Å². The first kappa shape index (κ1) is 24.9. The number of Topliss-reactive ketones (excluding diaryl/α,β-unsaturated/α-hetero) is 2. The normalized spacial score (nSPS) is 20.9. The molecule has 0 fully saturated rings. The Balaban J connectivity index is 1.64. The van der Waals surface area contributed by atoms with Crippen LogP contribution in [0.1, 0.15) is 70.4 Å². The van der Waals surface area contributed by atoms with Crippen LogP contribution in [0.5, 0.6) is 5.75 Å². The lowest BCUT2D eigenvalue weighted by atomic mass is 9.65. The minimum absolute atomic E-state index is 0.000466. The molecule has 0 saturated carbocycles. The molecule has 2 aliphatic carbocycles. The first-order valence-electron chi connectivity index (χ1n) is 12.4. The molecule has 0 saturated heterocycles. The Labute approximate surface area is 215 Å². The molecule has 1 aromatic carbocycles. The van der Waals surface area contributed by atoms with Crippen molar-refractivity contribution in [3.05, 3.63) is 74.5 Å². The van der Waals surface area contributed by atoms with Crippen LogP contribution in [0.25, 0.3) is 0 Å². The Morgan fingerprint density at radius 1 is 1.05 bits per heavy atom. The summed E-state index contributed by atoms with van der Waals surface area (Å²) in [6, 6.07) is 5.61. The van der Waals surface area contributed by atoms with Crippen LogP contribution in [0.4, 0.5) is 5.69 Å². The highest BCUT2D eigenvalue weighted by Gasteiger charge is 2.47. The maximum absolute atomic E-state index is 13.5. The molecule has 37 heavy (non-hydrogen) atoms. The molecule has 0 radical (unpaired) electrons. The monoisotopic (exact) mass is 505 g/mol. The quantitative estimate of drug-likeness (QED) is 0.403. The predicted octanol–water partition coefficient (Wildman–Crippen LogP) is 5.25. The summed E-state index contributed by atoms with van der Waals surface area (Å²) in [7, 11) is 1.55. The summed E-state index contributed by atoms with van der Waals surface area (Å²) in [5.41, 5.74) is 2.10. The zero-order valence-electron chi connectivity index (χ0n) is 21.8. The van der Waals surface area contributed by atoms with Gasteiger partial charge in [-0.1, -0.05) is 33.8 Å². The van der Waals surface area contributed by atoms with Crippen molar-refractivity contribution in [2.24, 2.45) is 10.8 Å². The number of allylic oxidation sites excluding steroid dienone is 4. The van der Waals surface area contributed by atoms with Crippen LogP contribution in [0.3, 0.4) is 0 Å². The van der Waals surface area contributed by atoms with Gasteiger partial charge in [-0.05, 0) is 28.5 Å². The number of nitro groups is 1. The van der Waals surface area contributed by atoms with Crippen LogP contribution in [0.2, 0.25) is 0 Å². The van der Waals surface area contributed by atoms with Crippen LogP contribution in [-0.4, -0.2) is 33.4 Å². The lowest BCUT2D eigenvalue weighted by molar-refractivity contribution is -0.385. The number of ether oxygens (including phenoxy) is 2. The first-order valence-corrected chi connectivity index (χ1v) is 12.4. The molecule has 2 heterocycles. The molecule has 5 rings (SSSR count). The second-order valence-electron chi connectivity index (χ2n) is 11.8. The average molecular weight is 506 g/mol. The highest BCUT2D eigenvalue weighted by atomic mass is 16.6. The highest BCUT2D eigenvalue weighted by molar-refractivity contribution is 6.06. The van der Waals surface area contributed by atoms with E-state index in [-0.39, 0.29) is 34.6 Å². The van der Waals surface area contributed by atoms with E-state index in [9.17, 15) is 19.7 Å². The van der Waals surface area contributed by atoms with Crippen molar-refractivity contribution in [2.45, 2.75) is 65.8 Å². The lowest BCUT2D eigenvalue weighted by Crippen LogP contribution is -2.37. The van der Waals surface area contributed by atoms with E-state index in [0.717, 1.165) is 11.1 Å². The summed E-state index contributed by atoms with van der Waals surface area (Å²) in [6.45, 7) is 8.46. The van der Waals surface area contributed by atoms with Gasteiger partial charge in [0.15, 0.2) is 11.6 Å². The third-order valence-corrected chi connectivity index (χ3v) is 7.38. The fourth-order valence-electron chi connectivity index (χ4n) is 5.82. The third kappa shape index (κ3) is 4.58. The van der Waals surface area contributed by atoms with Gasteiger partial charge in [0.2, 0.25) is 0 Å². The largest absolute Gasteiger partial charge is 0.496 e. The SMILES string of the molecule is COc1ccc(C2C3=C(CC(C)(C)CC3=O)OC3=C2C(=O)CC(C)(C)C3)cc1Cn1cc([N+](=O)[O-])cn1. The van der Waals surface area contributed by atoms with Crippen molar-refractivity contribution in [3.8, 4) is 5.75 Å². The molecule has 0 amide bonds. The molecule has 1 aliphatic heterocycles. The Kier molecular flexibility index (Phi) is 5.84. The molecule has 1 aromatic heterocycles. The van der Waals surface area contributed by atoms with Crippen molar-refractivity contribution in [2.75, 3.05) is 7.11 Å². The molecule has 0 atom stereocenters. The number of methoxy groups -OCH3 is 1. The summed E-state index contributed by atoms with van der Waals surface area (Å²) in [4.78, 5) is 37.7. The minimum Gasteiger partial charge on any atom is -0.496 e. The number of hydrogen-bond donors (Lipinski definition) is 0. The number of rotatable bonds is 5. The molecule has 3 aliphatic rings. The lowest BCUT2D eigenvalue weighted by Gasteiger charge is -2.42. The Bertz CT molecular complexity index is 1340. The molecule has 9 nitrogen and oxygen atoms in total. The topological polar surface area (TPSA) is 114 Å². The van der Waals surface area contributed by atoms with Crippen LogP contribution < -0.4 is 4.74 Å². The number of carbonyl (C=O) groups is 2. The van der Waals surface area contributed by atoms with Crippen molar-refractivity contribution in [1.82, 2.24) is 9.78 Å². The van der Waals surface area contributed by atoms with Crippen LogP contribution in [0, 0.1) is 20.9 Å². The number of carbonyl (C=O) groups excluding carboxylic acids is 2. The van der Waals surface area contributed by atoms with Crippen molar-refractivity contribution < 1.29 is 24.0 Å². The second-order valence-corrected chi connectivity index (χ2v) is 11.8. The fraction of sp³-hybridized carbons (Fsp3) is 0.464. The van der Waals surface area contributed by atoms with E-state index in [4.69, 9.17) is 9.47 Å². The van der Waals surface area contributed by atoms with E-state index < -0.39 is 10.8 Å². The van der Waals surface area contributed by atoms with E-state index in [1.807, 2.05) is 18.2 Å². The summed E-state index contributed by atoms with van der Waals surface area (Å²) >= 11 is 0. The van der Waals surface area contributed by atoms with Gasteiger partial charge in [-0.15, -0.1) is 0 Å². The number of nitrogens with zero attached hydrogens (tertiary/aromatic N) is 3. The van der Waals surface area contributed by atoms with Gasteiger partial charge in [0.05, 0.1) is 18.6 Å². The van der Waals surface area contributed by atoms with E-state index in [0.29, 0.717) is 54.1 Å². The number of hydrogen-bond acceptors (Lipinski definition) is 7. The van der Waals surface area contributed by atoms with Gasteiger partial charge in [-0.3, -0.25) is 24.4 Å². The first-order chi connectivity index (χ1) is 17.4. The summed E-state index contributed by atoms with van der Waals surface area (Å²) in [5.74, 6) is 1.39. The summed E-state index contributed by atoms with van der Waals surface area (Å²) in [6.07, 6.45) is 4.57. The van der Waals surface area contributed by atoms with E-state index in [1.165, 1.54) is 17.1 Å². The Morgan fingerprint density at radius 2 is 1.65 bits per heavy atom. The highest BCUT2D eigenvalue weighted by Crippen LogP contribution is 2.53. The van der Waals surface area contributed by atoms with Crippen LogP contribution in [-0.2, 0) is 20.9 Å². The number of aromatic nitrogens is 2. The molecule has 9 heteroatoms. The minimum atomic E-state index is -0.525. The molecule has 2 aromatic rings. The average Bonchev–Trinajstić information content (AvgIpc) is 3.25. The van der Waals surface area contributed by atoms with E-state index >= 15 is 0 Å². The zero-order valence-corrected chi connectivity index (χ0v) is 21.8. The Morgan fingerprint density at radius 3 is 2.16 bits per heavy atom. The van der Waals surface area contributed by atoms with E-state index in [1.54, 1.807) is 7.11 Å². The second kappa shape index (κ2) is 8.68. The number of ketones is 2. The fourth-order valence-corrected chi connectivity index (χ4v) is 5.82. The van der Waals surface area contributed by atoms with Crippen LogP contribution >= 0.6 is 0 Å². The smallest absolute Gasteiger partial charge is 0.307 e. The molecule has 0 unspecified atom stereocenters. The van der Waals surface area contributed by atoms with Gasteiger partial charge >= 0.3 is 5.69 Å². The number of benzene rings is 1. The molecule has 0 bridgehead atoms. The predicted molar refractivity (Wildman–Crippen MR) is 135 cm³/mol. The molecular formula is C28H31N3O6.